The van der Waals surface area contributed by atoms with Crippen LogP contribution in [0.25, 0.3) is 0 Å². The van der Waals surface area contributed by atoms with Gasteiger partial charge in [-0.3, -0.25) is 0 Å². The number of anilines is 2. The van der Waals surface area contributed by atoms with Gasteiger partial charge in [0.2, 0.25) is 10.1 Å². The van der Waals surface area contributed by atoms with Crippen molar-refractivity contribution >= 4 is 51.0 Å². The molecule has 0 fully saturated rings. The van der Waals surface area contributed by atoms with Crippen molar-refractivity contribution < 1.29 is 18.7 Å². The Labute approximate surface area is 180 Å². The Hall–Kier alpha value is -2.19. The fraction of sp³-hybridized carbons (Fsp3) is 0.381. The highest BCUT2D eigenvalue weighted by molar-refractivity contribution is 8.14. The fourth-order valence-electron chi connectivity index (χ4n) is 2.91. The first-order valence-corrected chi connectivity index (χ1v) is 11.6. The average Bonchev–Trinajstić information content (AvgIpc) is 3.30. The molecule has 0 radical (unpaired) electrons. The van der Waals surface area contributed by atoms with E-state index >= 15 is 0 Å². The number of esters is 1. The zero-order valence-corrected chi connectivity index (χ0v) is 18.7. The fourth-order valence-corrected chi connectivity index (χ4v) is 5.01. The van der Waals surface area contributed by atoms with Crippen LogP contribution < -0.4 is 10.6 Å². The van der Waals surface area contributed by atoms with Crippen molar-refractivity contribution in [2.75, 3.05) is 55.9 Å². The minimum Gasteiger partial charge on any atom is -0.462 e. The summed E-state index contributed by atoms with van der Waals surface area (Å²) in [6, 6.07) is 5.59. The third-order valence-corrected chi connectivity index (χ3v) is 6.76. The number of hydrogen-bond donors (Lipinski definition) is 2. The first-order valence-electron chi connectivity index (χ1n) is 9.67. The molecule has 1 aromatic rings. The molecule has 0 unspecified atom stereocenters. The van der Waals surface area contributed by atoms with Crippen LogP contribution in [0.5, 0.6) is 0 Å². The zero-order valence-electron chi connectivity index (χ0n) is 17.1. The Morgan fingerprint density at radius 2 is 1.52 bits per heavy atom. The topological polar surface area (TPSA) is 56.4 Å². The van der Waals surface area contributed by atoms with Crippen molar-refractivity contribution in [2.45, 2.75) is 6.92 Å². The van der Waals surface area contributed by atoms with Gasteiger partial charge in [0.1, 0.15) is 14.1 Å². The van der Waals surface area contributed by atoms with Crippen LogP contribution >= 0.6 is 23.5 Å². The van der Waals surface area contributed by atoms with Gasteiger partial charge < -0.3 is 15.4 Å². The highest BCUT2D eigenvalue weighted by Gasteiger charge is 2.17. The van der Waals surface area contributed by atoms with Gasteiger partial charge in [-0.25, -0.2) is 13.9 Å². The molecule has 8 heteroatoms. The lowest BCUT2D eigenvalue weighted by Gasteiger charge is -2.09. The van der Waals surface area contributed by atoms with E-state index in [4.69, 9.17) is 4.74 Å². The quantitative estimate of drug-likeness (QED) is 0.486. The van der Waals surface area contributed by atoms with Crippen LogP contribution in [0, 0.1) is 0 Å². The minimum atomic E-state index is -0.326. The van der Waals surface area contributed by atoms with Crippen LogP contribution in [-0.4, -0.2) is 70.5 Å². The Balaban J connectivity index is 1.75. The normalized spacial score (nSPS) is 17.1. The van der Waals surface area contributed by atoms with Gasteiger partial charge >= 0.3 is 5.97 Å². The SMILES string of the molecule is CCOC(=O)c1cc(N/C=C\C2=[N+](C)CCS2)cc(N/C=C/C2=[N+](C)CCS2)c1. The summed E-state index contributed by atoms with van der Waals surface area (Å²) in [6.07, 6.45) is 7.94. The summed E-state index contributed by atoms with van der Waals surface area (Å²) < 4.78 is 9.63. The predicted octanol–water partition coefficient (Wildman–Crippen LogP) is 3.29. The molecule has 2 heterocycles. The lowest BCUT2D eigenvalue weighted by molar-refractivity contribution is -0.485. The van der Waals surface area contributed by atoms with Crippen LogP contribution in [0.2, 0.25) is 0 Å². The molecule has 154 valence electrons. The Morgan fingerprint density at radius 3 is 1.93 bits per heavy atom. The number of carbonyl (C=O) groups excluding carboxylic acids is 1. The molecule has 0 amide bonds. The van der Waals surface area contributed by atoms with Crippen LogP contribution in [0.15, 0.2) is 42.8 Å². The second-order valence-electron chi connectivity index (χ2n) is 6.69. The molecule has 3 rings (SSSR count). The van der Waals surface area contributed by atoms with E-state index in [-0.39, 0.29) is 5.97 Å². The van der Waals surface area contributed by atoms with E-state index in [2.05, 4.69) is 46.0 Å². The Bertz CT molecular complexity index is 830. The van der Waals surface area contributed by atoms with Crippen molar-refractivity contribution in [2.24, 2.45) is 0 Å². The van der Waals surface area contributed by atoms with Crippen LogP contribution in [-0.2, 0) is 4.74 Å². The van der Waals surface area contributed by atoms with E-state index in [9.17, 15) is 4.79 Å². The maximum atomic E-state index is 12.3. The molecule has 0 spiro atoms. The zero-order chi connectivity index (χ0) is 20.6. The van der Waals surface area contributed by atoms with Gasteiger partial charge in [-0.2, -0.15) is 0 Å². The molecule has 0 aliphatic carbocycles. The van der Waals surface area contributed by atoms with Gasteiger partial charge in [-0.1, -0.05) is 23.5 Å². The molecule has 0 bridgehead atoms. The molecule has 0 atom stereocenters. The number of hydrogen-bond acceptors (Lipinski definition) is 6. The van der Waals surface area contributed by atoms with E-state index in [1.807, 2.05) is 61.0 Å². The number of thioether (sulfide) groups is 2. The number of carbonyl (C=O) groups is 1. The van der Waals surface area contributed by atoms with Gasteiger partial charge in [0.15, 0.2) is 13.1 Å². The third kappa shape index (κ3) is 6.14. The first-order chi connectivity index (χ1) is 14.1. The van der Waals surface area contributed by atoms with E-state index in [1.165, 1.54) is 10.1 Å². The molecular formula is C21H28N4O2S2+2. The number of ether oxygens (including phenoxy) is 1. The van der Waals surface area contributed by atoms with Gasteiger partial charge in [-0.15, -0.1) is 0 Å². The lowest BCUT2D eigenvalue weighted by atomic mass is 10.1. The predicted molar refractivity (Wildman–Crippen MR) is 125 cm³/mol. The first kappa shape index (κ1) is 21.5. The third-order valence-electron chi connectivity index (χ3n) is 4.50. The van der Waals surface area contributed by atoms with E-state index < -0.39 is 0 Å². The van der Waals surface area contributed by atoms with E-state index in [1.54, 1.807) is 0 Å². The summed E-state index contributed by atoms with van der Waals surface area (Å²) >= 11 is 3.68. The number of benzene rings is 1. The van der Waals surface area contributed by atoms with Crippen molar-refractivity contribution in [1.29, 1.82) is 0 Å². The van der Waals surface area contributed by atoms with Crippen LogP contribution in [0.3, 0.4) is 0 Å². The largest absolute Gasteiger partial charge is 0.462 e. The van der Waals surface area contributed by atoms with Crippen LogP contribution in [0.4, 0.5) is 11.4 Å². The summed E-state index contributed by atoms with van der Waals surface area (Å²) in [5.41, 5.74) is 2.17. The maximum Gasteiger partial charge on any atom is 0.338 e. The molecule has 2 aliphatic rings. The number of nitrogens with one attached hydrogen (secondary N) is 2. The molecule has 2 N–H and O–H groups in total. The van der Waals surface area contributed by atoms with Crippen LogP contribution in [0.1, 0.15) is 17.3 Å². The molecule has 29 heavy (non-hydrogen) atoms. The highest BCUT2D eigenvalue weighted by Crippen LogP contribution is 2.21. The summed E-state index contributed by atoms with van der Waals surface area (Å²) in [7, 11) is 4.18. The summed E-state index contributed by atoms with van der Waals surface area (Å²) in [6.45, 7) is 4.29. The maximum absolute atomic E-state index is 12.3. The van der Waals surface area contributed by atoms with Gasteiger partial charge in [0, 0.05) is 35.9 Å². The van der Waals surface area contributed by atoms with Gasteiger partial charge in [-0.05, 0) is 25.1 Å². The minimum absolute atomic E-state index is 0.326. The smallest absolute Gasteiger partial charge is 0.338 e. The monoisotopic (exact) mass is 432 g/mol. The summed E-state index contributed by atoms with van der Waals surface area (Å²) in [5.74, 6) is 1.90. The second kappa shape index (κ2) is 10.5. The molecular weight excluding hydrogens is 404 g/mol. The summed E-state index contributed by atoms with van der Waals surface area (Å²) in [5, 5.41) is 9.02. The molecule has 2 aliphatic heterocycles. The van der Waals surface area contributed by atoms with Gasteiger partial charge in [0.25, 0.3) is 0 Å². The van der Waals surface area contributed by atoms with Crippen molar-refractivity contribution in [3.05, 3.63) is 48.3 Å². The van der Waals surface area contributed by atoms with Crippen molar-refractivity contribution in [3.8, 4) is 0 Å². The molecule has 1 aromatic carbocycles. The second-order valence-corrected chi connectivity index (χ2v) is 8.92. The molecule has 6 nitrogen and oxygen atoms in total. The molecule has 0 saturated heterocycles. The van der Waals surface area contributed by atoms with Crippen molar-refractivity contribution in [3.63, 3.8) is 0 Å². The van der Waals surface area contributed by atoms with E-state index in [0.717, 1.165) is 36.0 Å². The Morgan fingerprint density at radius 1 is 1.00 bits per heavy atom. The highest BCUT2D eigenvalue weighted by atomic mass is 32.2. The lowest BCUT2D eigenvalue weighted by Crippen LogP contribution is -2.08. The Kier molecular flexibility index (Phi) is 7.83. The standard InChI is InChI=1S/C21H26N4O2S2/c1-4-27-21(26)16-13-17(22-7-5-19-24(2)9-11-28-19)15-18(14-16)23-8-6-20-25(3)10-12-29-20/h5-8,13-15H,4,9-12H2,1-3H3/p+2. The van der Waals surface area contributed by atoms with Gasteiger partial charge in [0.05, 0.1) is 23.7 Å². The molecule has 0 saturated carbocycles. The average molecular weight is 433 g/mol. The van der Waals surface area contributed by atoms with Crippen molar-refractivity contribution in [1.82, 2.24) is 0 Å². The molecule has 0 aromatic heterocycles. The summed E-state index contributed by atoms with van der Waals surface area (Å²) in [4.78, 5) is 12.3. The van der Waals surface area contributed by atoms with E-state index in [0.29, 0.717) is 12.2 Å². The number of rotatable bonds is 8. The number of nitrogens with zero attached hydrogens (tertiary/aromatic N) is 2.